The first-order valence-corrected chi connectivity index (χ1v) is 8.40. The zero-order valence-corrected chi connectivity index (χ0v) is 15.0. The molecule has 0 radical (unpaired) electrons. The van der Waals surface area contributed by atoms with Gasteiger partial charge in [0.05, 0.1) is 12.4 Å². The van der Waals surface area contributed by atoms with Crippen LogP contribution < -0.4 is 5.32 Å². The summed E-state index contributed by atoms with van der Waals surface area (Å²) in [5.74, 6) is 1.58. The monoisotopic (exact) mass is 351 g/mol. The van der Waals surface area contributed by atoms with Gasteiger partial charge in [0.25, 0.3) is 5.91 Å². The Morgan fingerprint density at radius 3 is 2.50 bits per heavy atom. The maximum atomic E-state index is 12.8. The molecule has 0 atom stereocenters. The Bertz CT molecular complexity index is 859. The summed E-state index contributed by atoms with van der Waals surface area (Å²) in [5, 5.41) is 6.82. The van der Waals surface area contributed by atoms with E-state index in [-0.39, 0.29) is 11.9 Å². The number of rotatable bonds is 6. The predicted molar refractivity (Wildman–Crippen MR) is 98.0 cm³/mol. The summed E-state index contributed by atoms with van der Waals surface area (Å²) in [5.41, 5.74) is 1.37. The van der Waals surface area contributed by atoms with E-state index in [2.05, 4.69) is 20.4 Å². The van der Waals surface area contributed by atoms with E-state index >= 15 is 0 Å². The van der Waals surface area contributed by atoms with Crippen molar-refractivity contribution < 1.29 is 9.32 Å². The van der Waals surface area contributed by atoms with Crippen LogP contribution in [0.1, 0.15) is 35.7 Å². The fourth-order valence-electron chi connectivity index (χ4n) is 2.48. The highest BCUT2D eigenvalue weighted by atomic mass is 16.5. The number of amides is 1. The highest BCUT2D eigenvalue weighted by Crippen LogP contribution is 2.15. The van der Waals surface area contributed by atoms with Crippen molar-refractivity contribution in [2.45, 2.75) is 33.4 Å². The van der Waals surface area contributed by atoms with Crippen molar-refractivity contribution in [3.05, 3.63) is 65.8 Å². The lowest BCUT2D eigenvalue weighted by Crippen LogP contribution is -2.36. The molecule has 0 aliphatic rings. The first-order valence-electron chi connectivity index (χ1n) is 8.40. The van der Waals surface area contributed by atoms with E-state index in [0.29, 0.717) is 29.6 Å². The Kier molecular flexibility index (Phi) is 5.26. The fourth-order valence-corrected chi connectivity index (χ4v) is 2.48. The molecule has 0 aliphatic carbocycles. The molecule has 0 bridgehead atoms. The number of aryl methyl sites for hydroxylation is 1. The molecule has 26 heavy (non-hydrogen) atoms. The fraction of sp³-hybridized carbons (Fsp3) is 0.263. The third kappa shape index (κ3) is 4.24. The largest absolute Gasteiger partial charge is 0.360 e. The van der Waals surface area contributed by atoms with Crippen molar-refractivity contribution >= 4 is 17.5 Å². The minimum Gasteiger partial charge on any atom is -0.360 e. The van der Waals surface area contributed by atoms with E-state index in [1.807, 2.05) is 44.2 Å². The molecule has 2 heterocycles. The van der Waals surface area contributed by atoms with Gasteiger partial charge in [-0.15, -0.1) is 0 Å². The number of benzene rings is 1. The molecule has 7 nitrogen and oxygen atoms in total. The SMILES string of the molecule is Cc1cc(Nc2cnc(C(=O)N(Cc3ccccc3)C(C)C)cn2)no1. The standard InChI is InChI=1S/C19H21N5O2/c1-13(2)24(12-15-7-5-4-6-8-15)19(25)16-10-21-18(11-20-16)22-17-9-14(3)26-23-17/h4-11,13H,12H2,1-3H3,(H,21,22,23). The molecule has 1 aromatic carbocycles. The number of aromatic nitrogens is 3. The Labute approximate surface area is 152 Å². The number of carbonyl (C=O) groups is 1. The first-order chi connectivity index (χ1) is 12.5. The Morgan fingerprint density at radius 1 is 1.15 bits per heavy atom. The Balaban J connectivity index is 1.72. The minimum atomic E-state index is -0.153. The normalized spacial score (nSPS) is 10.8. The van der Waals surface area contributed by atoms with Crippen LogP contribution in [0.15, 0.2) is 53.3 Å². The third-order valence-corrected chi connectivity index (χ3v) is 3.84. The van der Waals surface area contributed by atoms with E-state index in [4.69, 9.17) is 4.52 Å². The summed E-state index contributed by atoms with van der Waals surface area (Å²) in [6.45, 7) is 6.30. The second-order valence-electron chi connectivity index (χ2n) is 6.25. The molecular weight excluding hydrogens is 330 g/mol. The number of anilines is 2. The van der Waals surface area contributed by atoms with Crippen LogP contribution in [0.2, 0.25) is 0 Å². The van der Waals surface area contributed by atoms with Crippen LogP contribution in [0.3, 0.4) is 0 Å². The molecular formula is C19H21N5O2. The van der Waals surface area contributed by atoms with Crippen molar-refractivity contribution in [1.82, 2.24) is 20.0 Å². The Hall–Kier alpha value is -3.22. The van der Waals surface area contributed by atoms with E-state index in [9.17, 15) is 4.79 Å². The van der Waals surface area contributed by atoms with Crippen LogP contribution in [-0.4, -0.2) is 32.0 Å². The van der Waals surface area contributed by atoms with Gasteiger partial charge in [-0.05, 0) is 26.3 Å². The predicted octanol–water partition coefficient (Wildman–Crippen LogP) is 3.57. The zero-order chi connectivity index (χ0) is 18.5. The zero-order valence-electron chi connectivity index (χ0n) is 15.0. The molecule has 1 amide bonds. The van der Waals surface area contributed by atoms with Crippen molar-refractivity contribution in [2.75, 3.05) is 5.32 Å². The van der Waals surface area contributed by atoms with E-state index in [1.165, 1.54) is 12.4 Å². The van der Waals surface area contributed by atoms with Crippen molar-refractivity contribution in [1.29, 1.82) is 0 Å². The van der Waals surface area contributed by atoms with Crippen molar-refractivity contribution in [3.63, 3.8) is 0 Å². The van der Waals surface area contributed by atoms with Gasteiger partial charge in [0.15, 0.2) is 5.82 Å². The molecule has 0 fully saturated rings. The second-order valence-corrected chi connectivity index (χ2v) is 6.25. The molecule has 3 rings (SSSR count). The molecule has 0 unspecified atom stereocenters. The topological polar surface area (TPSA) is 84.2 Å². The lowest BCUT2D eigenvalue weighted by atomic mass is 10.2. The summed E-state index contributed by atoms with van der Waals surface area (Å²) in [4.78, 5) is 23.1. The minimum absolute atomic E-state index is 0.0420. The summed E-state index contributed by atoms with van der Waals surface area (Å²) in [6.07, 6.45) is 2.98. The average Bonchev–Trinajstić information content (AvgIpc) is 3.05. The van der Waals surface area contributed by atoms with Crippen molar-refractivity contribution in [2.24, 2.45) is 0 Å². The number of hydrogen-bond donors (Lipinski definition) is 1. The van der Waals surface area contributed by atoms with Crippen LogP contribution in [0.4, 0.5) is 11.6 Å². The van der Waals surface area contributed by atoms with Gasteiger partial charge in [-0.3, -0.25) is 4.79 Å². The lowest BCUT2D eigenvalue weighted by molar-refractivity contribution is 0.0684. The van der Waals surface area contributed by atoms with Crippen LogP contribution in [0, 0.1) is 6.92 Å². The molecule has 134 valence electrons. The van der Waals surface area contributed by atoms with E-state index < -0.39 is 0 Å². The summed E-state index contributed by atoms with van der Waals surface area (Å²) >= 11 is 0. The van der Waals surface area contributed by atoms with Crippen LogP contribution in [0.25, 0.3) is 0 Å². The second kappa shape index (κ2) is 7.77. The first kappa shape index (κ1) is 17.6. The summed E-state index contributed by atoms with van der Waals surface area (Å²) in [7, 11) is 0. The number of nitrogens with one attached hydrogen (secondary N) is 1. The molecule has 0 saturated carbocycles. The molecule has 1 N–H and O–H groups in total. The lowest BCUT2D eigenvalue weighted by Gasteiger charge is -2.26. The van der Waals surface area contributed by atoms with Gasteiger partial charge in [0.1, 0.15) is 17.3 Å². The molecule has 0 aliphatic heterocycles. The molecule has 0 saturated heterocycles. The van der Waals surface area contributed by atoms with Gasteiger partial charge in [0, 0.05) is 18.7 Å². The molecule has 3 aromatic rings. The molecule has 2 aromatic heterocycles. The van der Waals surface area contributed by atoms with Crippen LogP contribution in [0.5, 0.6) is 0 Å². The number of hydrogen-bond acceptors (Lipinski definition) is 6. The van der Waals surface area contributed by atoms with Gasteiger partial charge >= 0.3 is 0 Å². The Morgan fingerprint density at radius 2 is 1.92 bits per heavy atom. The number of carbonyl (C=O) groups excluding carboxylic acids is 1. The van der Waals surface area contributed by atoms with Gasteiger partial charge in [-0.25, -0.2) is 9.97 Å². The highest BCUT2D eigenvalue weighted by Gasteiger charge is 2.20. The molecule has 0 spiro atoms. The van der Waals surface area contributed by atoms with Gasteiger partial charge < -0.3 is 14.7 Å². The van der Waals surface area contributed by atoms with Gasteiger partial charge in [-0.2, -0.15) is 0 Å². The van der Waals surface area contributed by atoms with E-state index in [0.717, 1.165) is 5.56 Å². The van der Waals surface area contributed by atoms with Crippen LogP contribution in [-0.2, 0) is 6.54 Å². The quantitative estimate of drug-likeness (QED) is 0.731. The summed E-state index contributed by atoms with van der Waals surface area (Å²) < 4.78 is 4.99. The average molecular weight is 351 g/mol. The van der Waals surface area contributed by atoms with E-state index in [1.54, 1.807) is 17.9 Å². The maximum absolute atomic E-state index is 12.8. The highest BCUT2D eigenvalue weighted by molar-refractivity contribution is 5.92. The molecule has 7 heteroatoms. The van der Waals surface area contributed by atoms with Crippen LogP contribution >= 0.6 is 0 Å². The van der Waals surface area contributed by atoms with Gasteiger partial charge in [0.2, 0.25) is 0 Å². The summed E-state index contributed by atoms with van der Waals surface area (Å²) in [6, 6.07) is 11.7. The van der Waals surface area contributed by atoms with Gasteiger partial charge in [-0.1, -0.05) is 35.5 Å². The number of nitrogens with zero attached hydrogens (tertiary/aromatic N) is 4. The smallest absolute Gasteiger partial charge is 0.274 e. The van der Waals surface area contributed by atoms with Crippen molar-refractivity contribution in [3.8, 4) is 0 Å². The maximum Gasteiger partial charge on any atom is 0.274 e. The third-order valence-electron chi connectivity index (χ3n) is 3.84.